The molecule has 15 heavy (non-hydrogen) atoms. The molecular weight excluding hydrogens is 194 g/mol. The molecule has 0 amide bonds. The number of hydrogen-bond donors (Lipinski definition) is 1. The fraction of sp³-hybridized carbons (Fsp3) is 0.818. The number of ether oxygens (including phenoxy) is 2. The molecule has 0 radical (unpaired) electrons. The average molecular weight is 215 g/mol. The van der Waals surface area contributed by atoms with Gasteiger partial charge in [0.05, 0.1) is 13.0 Å². The van der Waals surface area contributed by atoms with Crippen LogP contribution in [0.3, 0.4) is 0 Å². The van der Waals surface area contributed by atoms with E-state index in [1.54, 1.807) is 20.8 Å². The maximum atomic E-state index is 11.3. The highest BCUT2D eigenvalue weighted by Gasteiger charge is 2.23. The largest absolute Gasteiger partial charge is 0.457 e. The molecule has 0 aliphatic rings. The van der Waals surface area contributed by atoms with Crippen LogP contribution in [0.4, 0.5) is 0 Å². The van der Waals surface area contributed by atoms with Gasteiger partial charge in [-0.05, 0) is 27.2 Å². The van der Waals surface area contributed by atoms with E-state index < -0.39 is 5.60 Å². The summed E-state index contributed by atoms with van der Waals surface area (Å²) in [5, 5.41) is 7.17. The summed E-state index contributed by atoms with van der Waals surface area (Å²) in [5.41, 5.74) is -0.299. The Morgan fingerprint density at radius 2 is 2.00 bits per heavy atom. The van der Waals surface area contributed by atoms with E-state index in [1.165, 1.54) is 0 Å². The van der Waals surface area contributed by atoms with Crippen LogP contribution in [0.25, 0.3) is 0 Å². The van der Waals surface area contributed by atoms with Crippen molar-refractivity contribution < 1.29 is 14.3 Å². The first-order valence-electron chi connectivity index (χ1n) is 5.21. The van der Waals surface area contributed by atoms with Crippen LogP contribution < -0.4 is 0 Å². The lowest BCUT2D eigenvalue weighted by Crippen LogP contribution is -2.34. The quantitative estimate of drug-likeness (QED) is 0.402. The molecule has 0 unspecified atom stereocenters. The molecule has 0 atom stereocenters. The van der Waals surface area contributed by atoms with Crippen LogP contribution in [0.5, 0.6) is 0 Å². The van der Waals surface area contributed by atoms with E-state index >= 15 is 0 Å². The highest BCUT2D eigenvalue weighted by atomic mass is 16.6. The Morgan fingerprint density at radius 3 is 2.47 bits per heavy atom. The number of rotatable bonds is 7. The summed E-state index contributed by atoms with van der Waals surface area (Å²) in [5.74, 6) is -0.368. The first kappa shape index (κ1) is 14.1. The van der Waals surface area contributed by atoms with Gasteiger partial charge in [0, 0.05) is 12.3 Å². The van der Waals surface area contributed by atoms with E-state index in [9.17, 15) is 4.79 Å². The molecular formula is C11H21NO3. The minimum absolute atomic E-state index is 0.0528. The Hall–Kier alpha value is -0.900. The van der Waals surface area contributed by atoms with Crippen molar-refractivity contribution in [1.29, 1.82) is 5.41 Å². The number of carbonyl (C=O) groups excluding carboxylic acids is 1. The van der Waals surface area contributed by atoms with Crippen molar-refractivity contribution in [2.45, 2.75) is 46.1 Å². The molecule has 0 aliphatic carbocycles. The third-order valence-electron chi connectivity index (χ3n) is 1.60. The van der Waals surface area contributed by atoms with E-state index in [1.807, 2.05) is 6.92 Å². The van der Waals surface area contributed by atoms with Crippen molar-refractivity contribution in [3.8, 4) is 0 Å². The predicted molar refractivity (Wildman–Crippen MR) is 59.3 cm³/mol. The van der Waals surface area contributed by atoms with Crippen LogP contribution in [0, 0.1) is 5.41 Å². The lowest BCUT2D eigenvalue weighted by atomic mass is 10.1. The SMILES string of the molecule is CCCOCC(C)(C)OC(=O)CC(C)=N. The van der Waals surface area contributed by atoms with Gasteiger partial charge >= 0.3 is 5.97 Å². The van der Waals surface area contributed by atoms with E-state index in [0.717, 1.165) is 6.42 Å². The van der Waals surface area contributed by atoms with Crippen molar-refractivity contribution in [2.24, 2.45) is 0 Å². The molecule has 0 aromatic rings. The zero-order valence-corrected chi connectivity index (χ0v) is 10.1. The molecule has 4 heteroatoms. The topological polar surface area (TPSA) is 59.4 Å². The molecule has 0 bridgehead atoms. The van der Waals surface area contributed by atoms with Crippen LogP contribution in [0.15, 0.2) is 0 Å². The predicted octanol–water partition coefficient (Wildman–Crippen LogP) is 2.16. The van der Waals surface area contributed by atoms with Gasteiger partial charge in [0.25, 0.3) is 0 Å². The fourth-order valence-electron chi connectivity index (χ4n) is 1.05. The first-order chi connectivity index (χ1) is 6.87. The molecule has 0 saturated carbocycles. The Labute approximate surface area is 91.5 Å². The summed E-state index contributed by atoms with van der Waals surface area (Å²) in [6, 6.07) is 0. The second-order valence-corrected chi connectivity index (χ2v) is 4.24. The summed E-state index contributed by atoms with van der Waals surface area (Å²) in [6.45, 7) is 8.28. The third kappa shape index (κ3) is 8.12. The summed E-state index contributed by atoms with van der Waals surface area (Å²) in [7, 11) is 0. The summed E-state index contributed by atoms with van der Waals surface area (Å²) >= 11 is 0. The van der Waals surface area contributed by atoms with Crippen molar-refractivity contribution in [1.82, 2.24) is 0 Å². The normalized spacial score (nSPS) is 11.2. The molecule has 88 valence electrons. The molecule has 0 heterocycles. The minimum Gasteiger partial charge on any atom is -0.457 e. The Morgan fingerprint density at radius 1 is 1.40 bits per heavy atom. The van der Waals surface area contributed by atoms with Crippen molar-refractivity contribution in [2.75, 3.05) is 13.2 Å². The Bertz CT molecular complexity index is 224. The molecule has 0 aliphatic heterocycles. The first-order valence-corrected chi connectivity index (χ1v) is 5.21. The second kappa shape index (κ2) is 6.56. The van der Waals surface area contributed by atoms with E-state index in [-0.39, 0.29) is 12.4 Å². The third-order valence-corrected chi connectivity index (χ3v) is 1.60. The van der Waals surface area contributed by atoms with Crippen molar-refractivity contribution >= 4 is 11.7 Å². The Kier molecular flexibility index (Phi) is 6.17. The lowest BCUT2D eigenvalue weighted by Gasteiger charge is -2.24. The second-order valence-electron chi connectivity index (χ2n) is 4.24. The van der Waals surface area contributed by atoms with Gasteiger partial charge in [0.1, 0.15) is 5.60 Å². The van der Waals surface area contributed by atoms with Crippen molar-refractivity contribution in [3.05, 3.63) is 0 Å². The number of hydrogen-bond acceptors (Lipinski definition) is 4. The van der Waals surface area contributed by atoms with Gasteiger partial charge in [0.2, 0.25) is 0 Å². The van der Waals surface area contributed by atoms with Crippen LogP contribution in [-0.4, -0.2) is 30.5 Å². The molecule has 0 aromatic carbocycles. The van der Waals surface area contributed by atoms with Crippen LogP contribution in [0.1, 0.15) is 40.5 Å². The maximum absolute atomic E-state index is 11.3. The average Bonchev–Trinajstić information content (AvgIpc) is 2.00. The van der Waals surface area contributed by atoms with Crippen LogP contribution in [-0.2, 0) is 14.3 Å². The lowest BCUT2D eigenvalue weighted by molar-refractivity contribution is -0.160. The molecule has 0 fully saturated rings. The highest BCUT2D eigenvalue weighted by Crippen LogP contribution is 2.11. The smallest absolute Gasteiger partial charge is 0.312 e. The summed E-state index contributed by atoms with van der Waals surface area (Å²) in [4.78, 5) is 11.3. The zero-order valence-electron chi connectivity index (χ0n) is 10.1. The van der Waals surface area contributed by atoms with Gasteiger partial charge < -0.3 is 14.9 Å². The van der Waals surface area contributed by atoms with Gasteiger partial charge in [-0.3, -0.25) is 4.79 Å². The van der Waals surface area contributed by atoms with Gasteiger partial charge in [-0.2, -0.15) is 0 Å². The monoisotopic (exact) mass is 215 g/mol. The summed E-state index contributed by atoms with van der Waals surface area (Å²) in [6.07, 6.45) is 1.00. The highest BCUT2D eigenvalue weighted by molar-refractivity contribution is 5.95. The molecule has 1 N–H and O–H groups in total. The van der Waals surface area contributed by atoms with Crippen molar-refractivity contribution in [3.63, 3.8) is 0 Å². The zero-order chi connectivity index (χ0) is 11.9. The number of nitrogens with one attached hydrogen (secondary N) is 1. The molecule has 0 spiro atoms. The van der Waals surface area contributed by atoms with Gasteiger partial charge in [-0.1, -0.05) is 6.92 Å². The van der Waals surface area contributed by atoms with Gasteiger partial charge in [0.15, 0.2) is 0 Å². The van der Waals surface area contributed by atoms with Crippen LogP contribution in [0.2, 0.25) is 0 Å². The van der Waals surface area contributed by atoms with E-state index in [4.69, 9.17) is 14.9 Å². The van der Waals surface area contributed by atoms with Gasteiger partial charge in [-0.25, -0.2) is 0 Å². The fourth-order valence-corrected chi connectivity index (χ4v) is 1.05. The molecule has 0 rings (SSSR count). The number of esters is 1. The maximum Gasteiger partial charge on any atom is 0.312 e. The van der Waals surface area contributed by atoms with Gasteiger partial charge in [-0.15, -0.1) is 0 Å². The van der Waals surface area contributed by atoms with E-state index in [0.29, 0.717) is 18.9 Å². The molecule has 0 aromatic heterocycles. The summed E-state index contributed by atoms with van der Waals surface area (Å²) < 4.78 is 10.5. The van der Waals surface area contributed by atoms with E-state index in [2.05, 4.69) is 0 Å². The molecule has 4 nitrogen and oxygen atoms in total. The Balaban J connectivity index is 3.90. The standard InChI is InChI=1S/C11H21NO3/c1-5-6-14-8-11(3,4)15-10(13)7-9(2)12/h12H,5-8H2,1-4H3. The number of carbonyl (C=O) groups is 1. The van der Waals surface area contributed by atoms with Crippen LogP contribution >= 0.6 is 0 Å². The minimum atomic E-state index is -0.609. The molecule has 0 saturated heterocycles.